The summed E-state index contributed by atoms with van der Waals surface area (Å²) < 4.78 is 0. The largest absolute Gasteiger partial charge is 0.398 e. The lowest BCUT2D eigenvalue weighted by molar-refractivity contribution is 0.102. The molecule has 0 aliphatic carbocycles. The molecule has 0 unspecified atom stereocenters. The maximum atomic E-state index is 12.2. The Morgan fingerprint density at radius 2 is 1.95 bits per heavy atom. The first kappa shape index (κ1) is 13.6. The van der Waals surface area contributed by atoms with Gasteiger partial charge in [0, 0.05) is 16.9 Å². The van der Waals surface area contributed by atoms with Crippen molar-refractivity contribution in [3.63, 3.8) is 0 Å². The van der Waals surface area contributed by atoms with E-state index in [2.05, 4.69) is 11.4 Å². The van der Waals surface area contributed by atoms with Crippen molar-refractivity contribution in [2.24, 2.45) is 0 Å². The van der Waals surface area contributed by atoms with Crippen molar-refractivity contribution in [2.75, 3.05) is 11.1 Å². The zero-order valence-corrected chi connectivity index (χ0v) is 11.2. The lowest BCUT2D eigenvalue weighted by Gasteiger charge is -2.09. The van der Waals surface area contributed by atoms with Crippen molar-refractivity contribution in [3.8, 4) is 6.07 Å². The van der Waals surface area contributed by atoms with Crippen LogP contribution in [-0.2, 0) is 6.42 Å². The van der Waals surface area contributed by atoms with E-state index in [0.29, 0.717) is 23.4 Å². The SMILES string of the molecule is Cc1c(N)cccc1C(=O)Nc1ccc(CC#N)cc1. The zero-order chi connectivity index (χ0) is 14.5. The summed E-state index contributed by atoms with van der Waals surface area (Å²) in [6.07, 6.45) is 0.364. The fourth-order valence-corrected chi connectivity index (χ4v) is 1.90. The number of nitriles is 1. The van der Waals surface area contributed by atoms with Crippen molar-refractivity contribution in [1.29, 1.82) is 5.26 Å². The van der Waals surface area contributed by atoms with Crippen LogP contribution in [0, 0.1) is 18.3 Å². The van der Waals surface area contributed by atoms with E-state index in [1.54, 1.807) is 30.3 Å². The van der Waals surface area contributed by atoms with E-state index in [1.165, 1.54) is 0 Å². The summed E-state index contributed by atoms with van der Waals surface area (Å²) in [5, 5.41) is 11.4. The monoisotopic (exact) mass is 265 g/mol. The lowest BCUT2D eigenvalue weighted by Crippen LogP contribution is -2.14. The molecule has 0 heterocycles. The van der Waals surface area contributed by atoms with Gasteiger partial charge in [0.1, 0.15) is 0 Å². The highest BCUT2D eigenvalue weighted by molar-refractivity contribution is 6.06. The summed E-state index contributed by atoms with van der Waals surface area (Å²) in [6.45, 7) is 1.82. The van der Waals surface area contributed by atoms with Crippen LogP contribution in [0.5, 0.6) is 0 Å². The molecule has 4 nitrogen and oxygen atoms in total. The highest BCUT2D eigenvalue weighted by Gasteiger charge is 2.10. The molecule has 0 saturated carbocycles. The maximum absolute atomic E-state index is 12.2. The standard InChI is InChI=1S/C16H15N3O/c1-11-14(3-2-4-15(11)18)16(20)19-13-7-5-12(6-8-13)9-10-17/h2-8H,9,18H2,1H3,(H,19,20). The molecule has 0 aliphatic heterocycles. The molecule has 2 rings (SSSR count). The summed E-state index contributed by atoms with van der Waals surface area (Å²) in [5.74, 6) is -0.192. The minimum absolute atomic E-state index is 0.192. The lowest BCUT2D eigenvalue weighted by atomic mass is 10.1. The molecule has 0 radical (unpaired) electrons. The van der Waals surface area contributed by atoms with Gasteiger partial charge in [0.25, 0.3) is 5.91 Å². The second-order valence-electron chi connectivity index (χ2n) is 4.51. The van der Waals surface area contributed by atoms with Crippen molar-refractivity contribution in [1.82, 2.24) is 0 Å². The number of hydrogen-bond acceptors (Lipinski definition) is 3. The predicted molar refractivity (Wildman–Crippen MR) is 79.3 cm³/mol. The number of benzene rings is 2. The molecule has 2 aromatic rings. The quantitative estimate of drug-likeness (QED) is 0.837. The van der Waals surface area contributed by atoms with Crippen LogP contribution in [-0.4, -0.2) is 5.91 Å². The third-order valence-corrected chi connectivity index (χ3v) is 3.12. The second-order valence-corrected chi connectivity index (χ2v) is 4.51. The topological polar surface area (TPSA) is 78.9 Å². The van der Waals surface area contributed by atoms with Crippen LogP contribution >= 0.6 is 0 Å². The number of nitrogens with two attached hydrogens (primary N) is 1. The minimum atomic E-state index is -0.192. The van der Waals surface area contributed by atoms with E-state index < -0.39 is 0 Å². The first-order chi connectivity index (χ1) is 9.61. The van der Waals surface area contributed by atoms with Gasteiger partial charge in [-0.15, -0.1) is 0 Å². The molecule has 0 bridgehead atoms. The fourth-order valence-electron chi connectivity index (χ4n) is 1.90. The van der Waals surface area contributed by atoms with Gasteiger partial charge in [-0.3, -0.25) is 4.79 Å². The molecular weight excluding hydrogens is 250 g/mol. The Kier molecular flexibility index (Phi) is 4.02. The van der Waals surface area contributed by atoms with Crippen LogP contribution in [0.3, 0.4) is 0 Å². The van der Waals surface area contributed by atoms with Crippen LogP contribution in [0.15, 0.2) is 42.5 Å². The number of carbonyl (C=O) groups is 1. The maximum Gasteiger partial charge on any atom is 0.256 e. The van der Waals surface area contributed by atoms with Gasteiger partial charge in [0.2, 0.25) is 0 Å². The molecule has 1 amide bonds. The Balaban J connectivity index is 2.15. The molecule has 0 atom stereocenters. The van der Waals surface area contributed by atoms with Crippen molar-refractivity contribution < 1.29 is 4.79 Å². The Hall–Kier alpha value is -2.80. The van der Waals surface area contributed by atoms with Crippen molar-refractivity contribution in [2.45, 2.75) is 13.3 Å². The molecule has 0 saturated heterocycles. The smallest absolute Gasteiger partial charge is 0.256 e. The normalized spacial score (nSPS) is 9.80. The third-order valence-electron chi connectivity index (χ3n) is 3.12. The van der Waals surface area contributed by atoms with E-state index in [9.17, 15) is 4.79 Å². The predicted octanol–water partition coefficient (Wildman–Crippen LogP) is 2.90. The number of nitrogen functional groups attached to an aromatic ring is 1. The van der Waals surface area contributed by atoms with Gasteiger partial charge in [-0.2, -0.15) is 5.26 Å². The Morgan fingerprint density at radius 3 is 2.60 bits per heavy atom. The molecule has 0 spiro atoms. The molecule has 3 N–H and O–H groups in total. The summed E-state index contributed by atoms with van der Waals surface area (Å²) in [5.41, 5.74) is 9.34. The highest BCUT2D eigenvalue weighted by atomic mass is 16.1. The van der Waals surface area contributed by atoms with Crippen LogP contribution in [0.4, 0.5) is 11.4 Å². The molecule has 0 fully saturated rings. The zero-order valence-electron chi connectivity index (χ0n) is 11.2. The van der Waals surface area contributed by atoms with E-state index in [0.717, 1.165) is 11.1 Å². The van der Waals surface area contributed by atoms with Gasteiger partial charge >= 0.3 is 0 Å². The third kappa shape index (κ3) is 2.96. The van der Waals surface area contributed by atoms with Gasteiger partial charge in [-0.25, -0.2) is 0 Å². The Bertz CT molecular complexity index is 669. The molecule has 4 heteroatoms. The van der Waals surface area contributed by atoms with Gasteiger partial charge in [0.05, 0.1) is 12.5 Å². The van der Waals surface area contributed by atoms with Crippen LogP contribution in [0.25, 0.3) is 0 Å². The number of amides is 1. The van der Waals surface area contributed by atoms with Crippen molar-refractivity contribution in [3.05, 3.63) is 59.2 Å². The number of hydrogen-bond donors (Lipinski definition) is 2. The van der Waals surface area contributed by atoms with Gasteiger partial charge in [-0.05, 0) is 42.3 Å². The van der Waals surface area contributed by atoms with Crippen LogP contribution in [0.1, 0.15) is 21.5 Å². The average Bonchev–Trinajstić information content (AvgIpc) is 2.44. The van der Waals surface area contributed by atoms with Crippen LogP contribution in [0.2, 0.25) is 0 Å². The van der Waals surface area contributed by atoms with Crippen molar-refractivity contribution >= 4 is 17.3 Å². The summed E-state index contributed by atoms with van der Waals surface area (Å²) >= 11 is 0. The van der Waals surface area contributed by atoms with Gasteiger partial charge in [-0.1, -0.05) is 18.2 Å². The first-order valence-electron chi connectivity index (χ1n) is 6.24. The van der Waals surface area contributed by atoms with Gasteiger partial charge < -0.3 is 11.1 Å². The van der Waals surface area contributed by atoms with E-state index in [1.807, 2.05) is 19.1 Å². The fraction of sp³-hybridized carbons (Fsp3) is 0.125. The van der Waals surface area contributed by atoms with E-state index in [-0.39, 0.29) is 5.91 Å². The Labute approximate surface area is 117 Å². The minimum Gasteiger partial charge on any atom is -0.398 e. The number of anilines is 2. The summed E-state index contributed by atoms with van der Waals surface area (Å²) in [4.78, 5) is 12.2. The molecule has 0 aromatic heterocycles. The van der Waals surface area contributed by atoms with Gasteiger partial charge in [0.15, 0.2) is 0 Å². The molecular formula is C16H15N3O. The molecule has 20 heavy (non-hydrogen) atoms. The molecule has 0 aliphatic rings. The number of nitrogens with zero attached hydrogens (tertiary/aromatic N) is 1. The summed E-state index contributed by atoms with van der Waals surface area (Å²) in [6, 6.07) is 14.6. The molecule has 2 aromatic carbocycles. The highest BCUT2D eigenvalue weighted by Crippen LogP contribution is 2.17. The Morgan fingerprint density at radius 1 is 1.25 bits per heavy atom. The van der Waals surface area contributed by atoms with E-state index >= 15 is 0 Å². The number of rotatable bonds is 3. The summed E-state index contributed by atoms with van der Waals surface area (Å²) in [7, 11) is 0. The van der Waals surface area contributed by atoms with Crippen LogP contribution < -0.4 is 11.1 Å². The second kappa shape index (κ2) is 5.89. The first-order valence-corrected chi connectivity index (χ1v) is 6.24. The average molecular weight is 265 g/mol. The van der Waals surface area contributed by atoms with E-state index in [4.69, 9.17) is 11.0 Å². The number of nitrogens with one attached hydrogen (secondary N) is 1. The molecule has 100 valence electrons. The number of carbonyl (C=O) groups excluding carboxylic acids is 1.